The maximum atomic E-state index is 14.2. The Morgan fingerprint density at radius 3 is 2.62 bits per heavy atom. The van der Waals surface area contributed by atoms with E-state index in [-0.39, 0.29) is 11.9 Å². The number of hydrogen-bond donors (Lipinski definition) is 1. The number of piperidine rings is 1. The van der Waals surface area contributed by atoms with Gasteiger partial charge in [0.1, 0.15) is 5.82 Å². The van der Waals surface area contributed by atoms with Crippen LogP contribution in [0.4, 0.5) is 4.39 Å². The summed E-state index contributed by atoms with van der Waals surface area (Å²) in [6.45, 7) is 5.83. The monoisotopic (exact) mass is 313 g/mol. The van der Waals surface area contributed by atoms with E-state index < -0.39 is 0 Å². The number of likely N-dealkylation sites (tertiary alicyclic amines) is 1. The number of halogens is 2. The van der Waals surface area contributed by atoms with Gasteiger partial charge in [0.15, 0.2) is 0 Å². The van der Waals surface area contributed by atoms with Crippen LogP contribution >= 0.6 is 11.6 Å². The molecule has 0 spiro atoms. The number of nitrogens with two attached hydrogens (primary N) is 1. The Balaban J connectivity index is 2.14. The molecule has 1 unspecified atom stereocenters. The first kappa shape index (κ1) is 16.7. The van der Waals surface area contributed by atoms with E-state index in [0.29, 0.717) is 23.2 Å². The van der Waals surface area contributed by atoms with E-state index in [1.165, 1.54) is 6.07 Å². The molecule has 1 aliphatic heterocycles. The third-order valence-electron chi connectivity index (χ3n) is 4.63. The predicted octanol–water partition coefficient (Wildman–Crippen LogP) is 2.90. The quantitative estimate of drug-likeness (QED) is 0.907. The summed E-state index contributed by atoms with van der Waals surface area (Å²) < 4.78 is 14.2. The highest BCUT2D eigenvalue weighted by Crippen LogP contribution is 2.31. The van der Waals surface area contributed by atoms with Crippen LogP contribution in [0.2, 0.25) is 5.02 Å². The highest BCUT2D eigenvalue weighted by Gasteiger charge is 2.29. The fraction of sp³-hybridized carbons (Fsp3) is 0.625. The van der Waals surface area contributed by atoms with Crippen LogP contribution in [0.5, 0.6) is 0 Å². The predicted molar refractivity (Wildman–Crippen MR) is 86.1 cm³/mol. The minimum atomic E-state index is -0.268. The zero-order valence-electron chi connectivity index (χ0n) is 12.9. The summed E-state index contributed by atoms with van der Waals surface area (Å²) in [4.78, 5) is 4.65. The topological polar surface area (TPSA) is 32.5 Å². The molecule has 21 heavy (non-hydrogen) atoms. The SMILES string of the molecule is CCN1CCC(N(C)C(CN)c2c(F)cccc2Cl)CC1. The van der Waals surface area contributed by atoms with Gasteiger partial charge < -0.3 is 10.6 Å². The van der Waals surface area contributed by atoms with Gasteiger partial charge in [0.25, 0.3) is 0 Å². The zero-order chi connectivity index (χ0) is 15.4. The summed E-state index contributed by atoms with van der Waals surface area (Å²) in [5.74, 6) is -0.268. The molecule has 1 aliphatic rings. The van der Waals surface area contributed by atoms with Crippen LogP contribution in [0.1, 0.15) is 31.4 Å². The second-order valence-corrected chi connectivity index (χ2v) is 6.12. The van der Waals surface area contributed by atoms with Gasteiger partial charge in [-0.05, 0) is 51.7 Å². The van der Waals surface area contributed by atoms with Crippen molar-refractivity contribution >= 4 is 11.6 Å². The number of nitrogens with zero attached hydrogens (tertiary/aromatic N) is 2. The molecule has 1 aromatic carbocycles. The number of likely N-dealkylation sites (N-methyl/N-ethyl adjacent to an activating group) is 1. The maximum Gasteiger partial charge on any atom is 0.129 e. The van der Waals surface area contributed by atoms with Crippen LogP contribution < -0.4 is 5.73 Å². The smallest absolute Gasteiger partial charge is 0.129 e. The largest absolute Gasteiger partial charge is 0.329 e. The Labute approximate surface area is 131 Å². The van der Waals surface area contributed by atoms with E-state index in [2.05, 4.69) is 16.7 Å². The average Bonchev–Trinajstić information content (AvgIpc) is 2.50. The molecular weight excluding hydrogens is 289 g/mol. The first-order valence-electron chi connectivity index (χ1n) is 7.66. The third kappa shape index (κ3) is 3.75. The molecule has 1 heterocycles. The molecule has 0 bridgehead atoms. The average molecular weight is 314 g/mol. The van der Waals surface area contributed by atoms with Crippen molar-refractivity contribution < 1.29 is 4.39 Å². The summed E-state index contributed by atoms with van der Waals surface area (Å²) in [7, 11) is 2.03. The van der Waals surface area contributed by atoms with E-state index in [9.17, 15) is 4.39 Å². The molecule has 0 aromatic heterocycles. The van der Waals surface area contributed by atoms with Crippen molar-refractivity contribution in [3.05, 3.63) is 34.6 Å². The lowest BCUT2D eigenvalue weighted by Crippen LogP contribution is -2.46. The Morgan fingerprint density at radius 1 is 1.43 bits per heavy atom. The Bertz CT molecular complexity index is 441. The molecule has 1 fully saturated rings. The summed E-state index contributed by atoms with van der Waals surface area (Å²) >= 11 is 6.20. The summed E-state index contributed by atoms with van der Waals surface area (Å²) in [5, 5.41) is 0.461. The van der Waals surface area contributed by atoms with Gasteiger partial charge >= 0.3 is 0 Å². The van der Waals surface area contributed by atoms with Gasteiger partial charge in [-0.25, -0.2) is 4.39 Å². The fourth-order valence-electron chi connectivity index (χ4n) is 3.21. The Kier molecular flexibility index (Phi) is 5.99. The maximum absolute atomic E-state index is 14.2. The van der Waals surface area contributed by atoms with E-state index in [0.717, 1.165) is 32.5 Å². The lowest BCUT2D eigenvalue weighted by molar-refractivity contribution is 0.0994. The number of benzene rings is 1. The van der Waals surface area contributed by atoms with Crippen molar-refractivity contribution in [2.45, 2.75) is 31.8 Å². The van der Waals surface area contributed by atoms with Crippen molar-refractivity contribution in [2.75, 3.05) is 33.2 Å². The Morgan fingerprint density at radius 2 is 2.10 bits per heavy atom. The van der Waals surface area contributed by atoms with E-state index in [1.54, 1.807) is 12.1 Å². The standard InChI is InChI=1S/C16H25ClFN3/c1-3-21-9-7-12(8-10-21)20(2)15(11-19)16-13(17)5-4-6-14(16)18/h4-6,12,15H,3,7-11,19H2,1-2H3. The molecule has 0 aliphatic carbocycles. The Hall–Kier alpha value is -0.680. The van der Waals surface area contributed by atoms with Gasteiger partial charge in [-0.2, -0.15) is 0 Å². The van der Waals surface area contributed by atoms with Crippen LogP contribution in [0, 0.1) is 5.82 Å². The number of rotatable bonds is 5. The molecule has 1 saturated heterocycles. The molecule has 118 valence electrons. The molecule has 0 amide bonds. The van der Waals surface area contributed by atoms with E-state index in [4.69, 9.17) is 17.3 Å². The molecule has 3 nitrogen and oxygen atoms in total. The normalized spacial score (nSPS) is 19.1. The first-order chi connectivity index (χ1) is 10.1. The van der Waals surface area contributed by atoms with Gasteiger partial charge in [-0.1, -0.05) is 24.6 Å². The van der Waals surface area contributed by atoms with Crippen LogP contribution in [0.25, 0.3) is 0 Å². The van der Waals surface area contributed by atoms with Crippen molar-refractivity contribution in [1.29, 1.82) is 0 Å². The minimum absolute atomic E-state index is 0.170. The van der Waals surface area contributed by atoms with E-state index in [1.807, 2.05) is 7.05 Å². The fourth-order valence-corrected chi connectivity index (χ4v) is 3.50. The summed E-state index contributed by atoms with van der Waals surface area (Å²) in [6, 6.07) is 5.08. The minimum Gasteiger partial charge on any atom is -0.329 e. The summed E-state index contributed by atoms with van der Waals surface area (Å²) in [6.07, 6.45) is 2.18. The lowest BCUT2D eigenvalue weighted by atomic mass is 9.98. The molecule has 0 radical (unpaired) electrons. The van der Waals surface area contributed by atoms with Gasteiger partial charge in [-0.3, -0.25) is 4.90 Å². The third-order valence-corrected chi connectivity index (χ3v) is 4.96. The molecule has 5 heteroatoms. The van der Waals surface area contributed by atoms with Crippen LogP contribution in [0.3, 0.4) is 0 Å². The molecule has 1 aromatic rings. The molecule has 1 atom stereocenters. The molecule has 2 rings (SSSR count). The highest BCUT2D eigenvalue weighted by molar-refractivity contribution is 6.31. The van der Waals surface area contributed by atoms with Gasteiger partial charge in [-0.15, -0.1) is 0 Å². The zero-order valence-corrected chi connectivity index (χ0v) is 13.6. The van der Waals surface area contributed by atoms with Gasteiger partial charge in [0, 0.05) is 23.2 Å². The van der Waals surface area contributed by atoms with Crippen LogP contribution in [-0.4, -0.2) is 49.1 Å². The van der Waals surface area contributed by atoms with E-state index >= 15 is 0 Å². The van der Waals surface area contributed by atoms with Crippen molar-refractivity contribution in [2.24, 2.45) is 5.73 Å². The molecular formula is C16H25ClFN3. The van der Waals surface area contributed by atoms with Crippen LogP contribution in [-0.2, 0) is 0 Å². The highest BCUT2D eigenvalue weighted by atomic mass is 35.5. The lowest BCUT2D eigenvalue weighted by Gasteiger charge is -2.40. The summed E-state index contributed by atoms with van der Waals surface area (Å²) in [5.41, 5.74) is 6.46. The molecule has 0 saturated carbocycles. The first-order valence-corrected chi connectivity index (χ1v) is 8.04. The molecule has 2 N–H and O–H groups in total. The van der Waals surface area contributed by atoms with Crippen molar-refractivity contribution in [3.63, 3.8) is 0 Å². The van der Waals surface area contributed by atoms with Gasteiger partial charge in [0.2, 0.25) is 0 Å². The second-order valence-electron chi connectivity index (χ2n) is 5.72. The van der Waals surface area contributed by atoms with Crippen molar-refractivity contribution in [3.8, 4) is 0 Å². The van der Waals surface area contributed by atoms with Crippen LogP contribution in [0.15, 0.2) is 18.2 Å². The number of hydrogen-bond acceptors (Lipinski definition) is 3. The van der Waals surface area contributed by atoms with Crippen molar-refractivity contribution in [1.82, 2.24) is 9.80 Å². The van der Waals surface area contributed by atoms with Gasteiger partial charge in [0.05, 0.1) is 6.04 Å². The second kappa shape index (κ2) is 7.54.